The third kappa shape index (κ3) is 1.22. The Morgan fingerprint density at radius 3 is 2.71 bits per heavy atom. The van der Waals surface area contributed by atoms with Crippen LogP contribution in [0.25, 0.3) is 0 Å². The maximum atomic E-state index is 5.44. The van der Waals surface area contributed by atoms with Crippen molar-refractivity contribution in [3.63, 3.8) is 0 Å². The van der Waals surface area contributed by atoms with E-state index in [9.17, 15) is 0 Å². The van der Waals surface area contributed by atoms with Crippen molar-refractivity contribution in [1.82, 2.24) is 3.11 Å². The van der Waals surface area contributed by atoms with Crippen LogP contribution in [0.1, 0.15) is 6.42 Å². The van der Waals surface area contributed by atoms with Gasteiger partial charge in [-0.1, -0.05) is 0 Å². The fraction of sp³-hybridized carbons (Fsp3) is 0.500. The molecule has 0 unspecified atom stereocenters. The van der Waals surface area contributed by atoms with E-state index in [-0.39, 0.29) is 0 Å². The summed E-state index contributed by atoms with van der Waals surface area (Å²) in [5.41, 5.74) is 6.43. The van der Waals surface area contributed by atoms with Gasteiger partial charge >= 0.3 is 0 Å². The molecule has 0 bridgehead atoms. The highest BCUT2D eigenvalue weighted by molar-refractivity contribution is 14.1. The number of hydrogen-bond donors (Lipinski definition) is 1. The highest BCUT2D eigenvalue weighted by atomic mass is 127. The van der Waals surface area contributed by atoms with E-state index in [2.05, 4.69) is 26.0 Å². The predicted molar refractivity (Wildman–Crippen MR) is 37.6 cm³/mol. The van der Waals surface area contributed by atoms with Gasteiger partial charge in [0.05, 0.1) is 22.9 Å². The van der Waals surface area contributed by atoms with E-state index in [0.29, 0.717) is 0 Å². The van der Waals surface area contributed by atoms with Crippen molar-refractivity contribution in [3.05, 3.63) is 11.9 Å². The molecule has 0 saturated carbocycles. The van der Waals surface area contributed by atoms with Crippen LogP contribution in [0.5, 0.6) is 0 Å². The lowest BCUT2D eigenvalue weighted by atomic mass is 10.4. The Kier molecular flexibility index (Phi) is 1.41. The van der Waals surface area contributed by atoms with E-state index in [1.54, 1.807) is 0 Å². The van der Waals surface area contributed by atoms with Gasteiger partial charge < -0.3 is 8.85 Å². The molecule has 0 saturated heterocycles. The molecule has 1 aliphatic rings. The molecule has 0 aromatic rings. The molecule has 3 heteroatoms. The van der Waals surface area contributed by atoms with E-state index in [4.69, 9.17) is 5.73 Å². The first-order valence-corrected chi connectivity index (χ1v) is 3.14. The second kappa shape index (κ2) is 1.90. The second-order valence-electron chi connectivity index (χ2n) is 1.58. The third-order valence-electron chi connectivity index (χ3n) is 0.920. The Morgan fingerprint density at radius 1 is 1.86 bits per heavy atom. The standard InChI is InChI=1S/C4H7IN2/c5-7-2-1-4(6)3-7/h3H,1-2,6H2. The Morgan fingerprint density at radius 2 is 2.57 bits per heavy atom. The van der Waals surface area contributed by atoms with Crippen LogP contribution >= 0.6 is 22.9 Å². The minimum Gasteiger partial charge on any atom is -0.401 e. The molecule has 1 heterocycles. The average molecular weight is 210 g/mol. The van der Waals surface area contributed by atoms with E-state index >= 15 is 0 Å². The smallest absolute Gasteiger partial charge is 0.0586 e. The largest absolute Gasteiger partial charge is 0.401 e. The summed E-state index contributed by atoms with van der Waals surface area (Å²) in [6.45, 7) is 1.08. The number of halogens is 1. The third-order valence-corrected chi connectivity index (χ3v) is 1.68. The summed E-state index contributed by atoms with van der Waals surface area (Å²) in [5, 5.41) is 0. The minimum atomic E-state index is 0.995. The van der Waals surface area contributed by atoms with E-state index in [0.717, 1.165) is 18.7 Å². The number of nitrogens with zero attached hydrogens (tertiary/aromatic N) is 1. The molecular weight excluding hydrogens is 203 g/mol. The molecule has 0 atom stereocenters. The lowest BCUT2D eigenvalue weighted by molar-refractivity contribution is 0.717. The van der Waals surface area contributed by atoms with Crippen molar-refractivity contribution in [2.75, 3.05) is 6.54 Å². The highest BCUT2D eigenvalue weighted by Gasteiger charge is 2.03. The number of hydrogen-bond acceptors (Lipinski definition) is 2. The Hall–Kier alpha value is 0.0700. The topological polar surface area (TPSA) is 29.3 Å². The maximum absolute atomic E-state index is 5.44. The van der Waals surface area contributed by atoms with E-state index < -0.39 is 0 Å². The van der Waals surface area contributed by atoms with Gasteiger partial charge in [0, 0.05) is 24.9 Å². The molecule has 0 aliphatic carbocycles. The Balaban J connectivity index is 2.50. The van der Waals surface area contributed by atoms with Gasteiger partial charge in [-0.25, -0.2) is 0 Å². The van der Waals surface area contributed by atoms with Gasteiger partial charge in [0.15, 0.2) is 0 Å². The van der Waals surface area contributed by atoms with Crippen molar-refractivity contribution >= 4 is 22.9 Å². The molecule has 0 aromatic heterocycles. The van der Waals surface area contributed by atoms with Crippen LogP contribution < -0.4 is 5.73 Å². The second-order valence-corrected chi connectivity index (χ2v) is 2.82. The fourth-order valence-electron chi connectivity index (χ4n) is 0.545. The van der Waals surface area contributed by atoms with Crippen LogP contribution in [-0.4, -0.2) is 9.66 Å². The maximum Gasteiger partial charge on any atom is 0.0586 e. The number of nitrogens with two attached hydrogens (primary N) is 1. The molecule has 2 nitrogen and oxygen atoms in total. The molecule has 0 aromatic carbocycles. The molecule has 2 N–H and O–H groups in total. The lowest BCUT2D eigenvalue weighted by Gasteiger charge is -1.97. The molecule has 7 heavy (non-hydrogen) atoms. The molecule has 0 radical (unpaired) electrons. The summed E-state index contributed by atoms with van der Waals surface area (Å²) in [6, 6.07) is 0. The van der Waals surface area contributed by atoms with Gasteiger partial charge in [-0.2, -0.15) is 0 Å². The van der Waals surface area contributed by atoms with Gasteiger partial charge in [-0.3, -0.25) is 0 Å². The number of rotatable bonds is 0. The average Bonchev–Trinajstić information content (AvgIpc) is 1.87. The van der Waals surface area contributed by atoms with Gasteiger partial charge in [-0.15, -0.1) is 0 Å². The summed E-state index contributed by atoms with van der Waals surface area (Å²) in [7, 11) is 0. The first-order valence-electron chi connectivity index (χ1n) is 2.17. The van der Waals surface area contributed by atoms with Gasteiger partial charge in [0.1, 0.15) is 0 Å². The SMILES string of the molecule is NC1=CN(I)CC1. The summed E-state index contributed by atoms with van der Waals surface area (Å²) in [5.74, 6) is 0. The lowest BCUT2D eigenvalue weighted by Crippen LogP contribution is -1.95. The zero-order valence-corrected chi connectivity index (χ0v) is 6.05. The minimum absolute atomic E-state index is 0.995. The van der Waals surface area contributed by atoms with Crippen LogP contribution in [0.4, 0.5) is 0 Å². The van der Waals surface area contributed by atoms with Crippen molar-refractivity contribution in [2.24, 2.45) is 5.73 Å². The Bertz CT molecular complexity index is 99.9. The van der Waals surface area contributed by atoms with Crippen LogP contribution in [0.2, 0.25) is 0 Å². The molecule has 0 spiro atoms. The van der Waals surface area contributed by atoms with Crippen LogP contribution in [0.15, 0.2) is 11.9 Å². The molecule has 1 aliphatic heterocycles. The first-order chi connectivity index (χ1) is 3.29. The van der Waals surface area contributed by atoms with Crippen LogP contribution in [-0.2, 0) is 0 Å². The predicted octanol–water partition coefficient (Wildman–Crippen LogP) is 0.842. The summed E-state index contributed by atoms with van der Waals surface area (Å²) in [6.07, 6.45) is 2.99. The van der Waals surface area contributed by atoms with E-state index in [1.807, 2.05) is 6.20 Å². The molecule has 1 rings (SSSR count). The van der Waals surface area contributed by atoms with Crippen molar-refractivity contribution < 1.29 is 0 Å². The van der Waals surface area contributed by atoms with Crippen molar-refractivity contribution in [3.8, 4) is 0 Å². The summed E-state index contributed by atoms with van der Waals surface area (Å²) >= 11 is 2.22. The first kappa shape index (κ1) is 5.21. The summed E-state index contributed by atoms with van der Waals surface area (Å²) < 4.78 is 2.06. The molecule has 0 amide bonds. The molecule has 0 fully saturated rings. The molecular formula is C4H7IN2. The van der Waals surface area contributed by atoms with E-state index in [1.165, 1.54) is 0 Å². The highest BCUT2D eigenvalue weighted by Crippen LogP contribution is 2.12. The normalized spacial score (nSPS) is 20.1. The van der Waals surface area contributed by atoms with Crippen LogP contribution in [0, 0.1) is 0 Å². The van der Waals surface area contributed by atoms with Crippen molar-refractivity contribution in [2.45, 2.75) is 6.42 Å². The summed E-state index contributed by atoms with van der Waals surface area (Å²) in [4.78, 5) is 0. The quantitative estimate of drug-likeness (QED) is 0.474. The Labute approximate surface area is 56.9 Å². The molecule has 40 valence electrons. The van der Waals surface area contributed by atoms with Gasteiger partial charge in [-0.05, 0) is 0 Å². The monoisotopic (exact) mass is 210 g/mol. The van der Waals surface area contributed by atoms with Crippen molar-refractivity contribution in [1.29, 1.82) is 0 Å². The zero-order chi connectivity index (χ0) is 5.28. The van der Waals surface area contributed by atoms with Crippen LogP contribution in [0.3, 0.4) is 0 Å². The zero-order valence-electron chi connectivity index (χ0n) is 3.89. The van der Waals surface area contributed by atoms with Gasteiger partial charge in [0.25, 0.3) is 0 Å². The fourth-order valence-corrected chi connectivity index (χ4v) is 1.14. The van der Waals surface area contributed by atoms with Gasteiger partial charge in [0.2, 0.25) is 0 Å².